The number of carbonyl (C=O) groups is 1. The number of nitrogens with zero attached hydrogens (tertiary/aromatic N) is 3. The lowest BCUT2D eigenvalue weighted by Gasteiger charge is -2.27. The molecule has 0 saturated carbocycles. The molecule has 1 aliphatic heterocycles. The van der Waals surface area contributed by atoms with Crippen LogP contribution in [0.25, 0.3) is 11.0 Å². The standard InChI is InChI=1S/C27H26N4O3.ClH/c1-19-7-12-23-25(24(17-28-26(23)29-19)27(32)31-13-15-33-16-14-31)30-21-8-10-22(11-9-21)34-18-20-5-3-2-4-6-20;/h2-12,17H,13-16,18H2,1H3,(H,28,29,30);1H. The van der Waals surface area contributed by atoms with E-state index in [1.54, 1.807) is 11.1 Å². The second-order valence-electron chi connectivity index (χ2n) is 8.20. The van der Waals surface area contributed by atoms with Gasteiger partial charge in [-0.2, -0.15) is 0 Å². The van der Waals surface area contributed by atoms with Crippen LogP contribution >= 0.6 is 12.4 Å². The zero-order valence-electron chi connectivity index (χ0n) is 19.4. The van der Waals surface area contributed by atoms with Crippen molar-refractivity contribution in [3.63, 3.8) is 0 Å². The third-order valence-corrected chi connectivity index (χ3v) is 5.77. The number of rotatable bonds is 6. The predicted octanol–water partition coefficient (Wildman–Crippen LogP) is 5.16. The first-order chi connectivity index (χ1) is 16.7. The average Bonchev–Trinajstić information content (AvgIpc) is 2.89. The number of amides is 1. The Kier molecular flexibility index (Phi) is 7.80. The molecule has 1 amide bonds. The topological polar surface area (TPSA) is 76.6 Å². The minimum Gasteiger partial charge on any atom is -0.489 e. The molecule has 0 aliphatic carbocycles. The zero-order chi connectivity index (χ0) is 23.3. The minimum absolute atomic E-state index is 0. The van der Waals surface area contributed by atoms with E-state index in [1.807, 2.05) is 73.7 Å². The first-order valence-electron chi connectivity index (χ1n) is 11.3. The van der Waals surface area contributed by atoms with Gasteiger partial charge in [-0.3, -0.25) is 4.79 Å². The number of hydrogen-bond donors (Lipinski definition) is 1. The van der Waals surface area contributed by atoms with E-state index in [0.29, 0.717) is 49.8 Å². The van der Waals surface area contributed by atoms with Crippen LogP contribution in [0.15, 0.2) is 72.9 Å². The Hall–Kier alpha value is -3.68. The maximum atomic E-state index is 13.3. The molecule has 1 fully saturated rings. The molecule has 0 atom stereocenters. The number of aromatic nitrogens is 2. The number of morpholine rings is 1. The smallest absolute Gasteiger partial charge is 0.257 e. The Labute approximate surface area is 210 Å². The number of anilines is 2. The van der Waals surface area contributed by atoms with Crippen molar-refractivity contribution < 1.29 is 14.3 Å². The van der Waals surface area contributed by atoms with E-state index in [0.717, 1.165) is 28.1 Å². The highest BCUT2D eigenvalue weighted by Crippen LogP contribution is 2.30. The third kappa shape index (κ3) is 5.70. The van der Waals surface area contributed by atoms with E-state index in [9.17, 15) is 4.79 Å². The Morgan fingerprint density at radius 3 is 2.51 bits per heavy atom. The summed E-state index contributed by atoms with van der Waals surface area (Å²) in [6.45, 7) is 4.65. The number of benzene rings is 2. The van der Waals surface area contributed by atoms with Crippen molar-refractivity contribution in [3.8, 4) is 5.75 Å². The van der Waals surface area contributed by atoms with Crippen LogP contribution < -0.4 is 10.1 Å². The summed E-state index contributed by atoms with van der Waals surface area (Å²) in [5.74, 6) is 0.708. The van der Waals surface area contributed by atoms with Crippen molar-refractivity contribution in [2.45, 2.75) is 13.5 Å². The molecule has 180 valence electrons. The molecule has 35 heavy (non-hydrogen) atoms. The number of nitrogens with one attached hydrogen (secondary N) is 1. The fourth-order valence-electron chi connectivity index (χ4n) is 3.93. The second-order valence-corrected chi connectivity index (χ2v) is 8.20. The van der Waals surface area contributed by atoms with Gasteiger partial charge < -0.3 is 19.7 Å². The van der Waals surface area contributed by atoms with Gasteiger partial charge in [-0.1, -0.05) is 30.3 Å². The molecule has 1 aliphatic rings. The summed E-state index contributed by atoms with van der Waals surface area (Å²) in [6.07, 6.45) is 1.62. The summed E-state index contributed by atoms with van der Waals surface area (Å²) in [7, 11) is 0. The quantitative estimate of drug-likeness (QED) is 0.402. The van der Waals surface area contributed by atoms with Crippen LogP contribution in [0.2, 0.25) is 0 Å². The molecular formula is C27H27ClN4O3. The molecule has 0 radical (unpaired) electrons. The van der Waals surface area contributed by atoms with Gasteiger partial charge in [0.1, 0.15) is 12.4 Å². The van der Waals surface area contributed by atoms with Crippen molar-refractivity contribution in [2.75, 3.05) is 31.6 Å². The molecule has 8 heteroatoms. The predicted molar refractivity (Wildman–Crippen MR) is 139 cm³/mol. The molecule has 3 heterocycles. The van der Waals surface area contributed by atoms with Gasteiger partial charge in [0, 0.05) is 36.1 Å². The number of fused-ring (bicyclic) bond motifs is 1. The molecule has 1 N–H and O–H groups in total. The Balaban J connectivity index is 0.00000289. The molecule has 2 aromatic heterocycles. The maximum absolute atomic E-state index is 13.3. The summed E-state index contributed by atoms with van der Waals surface area (Å²) in [6, 6.07) is 21.7. The van der Waals surface area contributed by atoms with Gasteiger partial charge in [0.15, 0.2) is 5.65 Å². The average molecular weight is 491 g/mol. The van der Waals surface area contributed by atoms with E-state index in [4.69, 9.17) is 9.47 Å². The monoisotopic (exact) mass is 490 g/mol. The fraction of sp³-hybridized carbons (Fsp3) is 0.222. The number of pyridine rings is 2. The number of ether oxygens (including phenoxy) is 2. The first kappa shape index (κ1) is 24.4. The number of hydrogen-bond acceptors (Lipinski definition) is 6. The Morgan fingerprint density at radius 2 is 1.77 bits per heavy atom. The number of halogens is 1. The van der Waals surface area contributed by atoms with Crippen molar-refractivity contribution in [3.05, 3.63) is 89.7 Å². The largest absolute Gasteiger partial charge is 0.489 e. The third-order valence-electron chi connectivity index (χ3n) is 5.77. The molecule has 5 rings (SSSR count). The molecule has 0 bridgehead atoms. The first-order valence-corrected chi connectivity index (χ1v) is 11.3. The van der Waals surface area contributed by atoms with Crippen LogP contribution in [-0.4, -0.2) is 47.1 Å². The molecule has 4 aromatic rings. The van der Waals surface area contributed by atoms with Gasteiger partial charge in [0.05, 0.1) is 24.5 Å². The van der Waals surface area contributed by atoms with Crippen LogP contribution in [0.1, 0.15) is 21.6 Å². The van der Waals surface area contributed by atoms with Crippen molar-refractivity contribution in [2.24, 2.45) is 0 Å². The van der Waals surface area contributed by atoms with Crippen LogP contribution in [0.5, 0.6) is 5.75 Å². The second kappa shape index (κ2) is 11.2. The zero-order valence-corrected chi connectivity index (χ0v) is 20.3. The molecule has 1 saturated heterocycles. The normalized spacial score (nSPS) is 13.2. The van der Waals surface area contributed by atoms with Gasteiger partial charge >= 0.3 is 0 Å². The fourth-order valence-corrected chi connectivity index (χ4v) is 3.93. The molecule has 0 spiro atoms. The van der Waals surface area contributed by atoms with Gasteiger partial charge in [0.25, 0.3) is 5.91 Å². The van der Waals surface area contributed by atoms with Gasteiger partial charge in [-0.15, -0.1) is 12.4 Å². The van der Waals surface area contributed by atoms with Crippen LogP contribution in [0.3, 0.4) is 0 Å². The van der Waals surface area contributed by atoms with Crippen LogP contribution in [0.4, 0.5) is 11.4 Å². The molecule has 0 unspecified atom stereocenters. The van der Waals surface area contributed by atoms with E-state index < -0.39 is 0 Å². The summed E-state index contributed by atoms with van der Waals surface area (Å²) < 4.78 is 11.3. The lowest BCUT2D eigenvalue weighted by atomic mass is 10.1. The van der Waals surface area contributed by atoms with E-state index in [-0.39, 0.29) is 18.3 Å². The lowest BCUT2D eigenvalue weighted by molar-refractivity contribution is 0.0303. The molecule has 7 nitrogen and oxygen atoms in total. The molecular weight excluding hydrogens is 464 g/mol. The minimum atomic E-state index is -0.0661. The molecule has 2 aromatic carbocycles. The van der Waals surface area contributed by atoms with Crippen molar-refractivity contribution in [1.29, 1.82) is 0 Å². The van der Waals surface area contributed by atoms with Crippen LogP contribution in [-0.2, 0) is 11.3 Å². The summed E-state index contributed by atoms with van der Waals surface area (Å²) in [5, 5.41) is 4.24. The highest BCUT2D eigenvalue weighted by atomic mass is 35.5. The van der Waals surface area contributed by atoms with Crippen LogP contribution in [0, 0.1) is 6.92 Å². The van der Waals surface area contributed by atoms with E-state index in [1.165, 1.54) is 0 Å². The summed E-state index contributed by atoms with van der Waals surface area (Å²) in [4.78, 5) is 24.2. The summed E-state index contributed by atoms with van der Waals surface area (Å²) in [5.41, 5.74) is 4.65. The number of carbonyl (C=O) groups excluding carboxylic acids is 1. The summed E-state index contributed by atoms with van der Waals surface area (Å²) >= 11 is 0. The van der Waals surface area contributed by atoms with Crippen molar-refractivity contribution in [1.82, 2.24) is 14.9 Å². The van der Waals surface area contributed by atoms with Gasteiger partial charge in [0.2, 0.25) is 0 Å². The van der Waals surface area contributed by atoms with E-state index >= 15 is 0 Å². The van der Waals surface area contributed by atoms with E-state index in [2.05, 4.69) is 15.3 Å². The number of aryl methyl sites for hydroxylation is 1. The van der Waals surface area contributed by atoms with Gasteiger partial charge in [-0.05, 0) is 48.9 Å². The van der Waals surface area contributed by atoms with Crippen molar-refractivity contribution >= 4 is 40.7 Å². The Morgan fingerprint density at radius 1 is 1.03 bits per heavy atom. The highest BCUT2D eigenvalue weighted by Gasteiger charge is 2.23. The maximum Gasteiger partial charge on any atom is 0.257 e. The Bertz CT molecular complexity index is 1290. The lowest BCUT2D eigenvalue weighted by Crippen LogP contribution is -2.41. The highest BCUT2D eigenvalue weighted by molar-refractivity contribution is 6.07. The van der Waals surface area contributed by atoms with Gasteiger partial charge in [-0.25, -0.2) is 9.97 Å². The SMILES string of the molecule is Cc1ccc2c(Nc3ccc(OCc4ccccc4)cc3)c(C(=O)N3CCOCC3)cnc2n1.Cl.